The molecule has 0 spiro atoms. The summed E-state index contributed by atoms with van der Waals surface area (Å²) in [5.74, 6) is -0.902. The van der Waals surface area contributed by atoms with Crippen molar-refractivity contribution in [2.75, 3.05) is 5.43 Å². The summed E-state index contributed by atoms with van der Waals surface area (Å²) in [6.45, 7) is 2.10. The molecule has 2 N–H and O–H groups in total. The summed E-state index contributed by atoms with van der Waals surface area (Å²) in [4.78, 5) is 14.7. The standard InChI is InChI=1S/C13H14Cl3N3O2/c1-6-4-2-3-5-7(6)18-19-10-8(14)11(13(20)21)17-12(16)9(10)15/h6H,2-5H2,1H3,(H,17,19)(H,20,21)/b18-7-/t6-/m1/s1. The first-order valence-corrected chi connectivity index (χ1v) is 7.65. The zero-order valence-corrected chi connectivity index (χ0v) is 13.6. The van der Waals surface area contributed by atoms with Crippen LogP contribution in [-0.4, -0.2) is 21.8 Å². The van der Waals surface area contributed by atoms with E-state index in [2.05, 4.69) is 22.4 Å². The summed E-state index contributed by atoms with van der Waals surface area (Å²) in [5, 5.41) is 13.2. The van der Waals surface area contributed by atoms with Crippen LogP contribution in [0.2, 0.25) is 15.2 Å². The molecule has 1 atom stereocenters. The molecule has 0 aromatic carbocycles. The Bertz CT molecular complexity index is 605. The molecule has 5 nitrogen and oxygen atoms in total. The van der Waals surface area contributed by atoms with Gasteiger partial charge in [0, 0.05) is 5.71 Å². The van der Waals surface area contributed by atoms with Crippen molar-refractivity contribution < 1.29 is 9.90 Å². The van der Waals surface area contributed by atoms with E-state index in [4.69, 9.17) is 39.9 Å². The Balaban J connectivity index is 2.35. The van der Waals surface area contributed by atoms with Crippen molar-refractivity contribution in [3.8, 4) is 0 Å². The van der Waals surface area contributed by atoms with Crippen LogP contribution < -0.4 is 5.43 Å². The normalized spacial score (nSPS) is 20.6. The van der Waals surface area contributed by atoms with Crippen LogP contribution in [0.5, 0.6) is 0 Å². The van der Waals surface area contributed by atoms with Gasteiger partial charge in [-0.25, -0.2) is 9.78 Å². The highest BCUT2D eigenvalue weighted by Gasteiger charge is 2.21. The molecule has 0 bridgehead atoms. The number of rotatable bonds is 3. The maximum Gasteiger partial charge on any atom is 0.356 e. The molecule has 1 saturated carbocycles. The number of pyridine rings is 1. The SMILES string of the molecule is C[C@@H]1CCCC/C1=N/Nc1c(Cl)c(Cl)nc(C(=O)O)c1Cl. The van der Waals surface area contributed by atoms with Crippen LogP contribution in [-0.2, 0) is 0 Å². The van der Waals surface area contributed by atoms with E-state index < -0.39 is 5.97 Å². The van der Waals surface area contributed by atoms with Gasteiger partial charge in [-0.2, -0.15) is 5.10 Å². The van der Waals surface area contributed by atoms with E-state index in [0.717, 1.165) is 25.0 Å². The zero-order chi connectivity index (χ0) is 15.6. The van der Waals surface area contributed by atoms with Gasteiger partial charge in [-0.05, 0) is 25.2 Å². The van der Waals surface area contributed by atoms with Crippen molar-refractivity contribution in [1.29, 1.82) is 0 Å². The molecule has 21 heavy (non-hydrogen) atoms. The van der Waals surface area contributed by atoms with Crippen molar-refractivity contribution >= 4 is 52.2 Å². The fourth-order valence-corrected chi connectivity index (χ4v) is 2.88. The number of aromatic carboxylic acids is 1. The van der Waals surface area contributed by atoms with Crippen molar-refractivity contribution in [3.05, 3.63) is 20.9 Å². The van der Waals surface area contributed by atoms with Crippen molar-refractivity contribution in [1.82, 2.24) is 4.98 Å². The van der Waals surface area contributed by atoms with Gasteiger partial charge in [-0.1, -0.05) is 48.1 Å². The summed E-state index contributed by atoms with van der Waals surface area (Å²) in [5.41, 5.74) is 3.58. The third-order valence-corrected chi connectivity index (χ3v) is 4.55. The molecule has 1 aliphatic carbocycles. The summed E-state index contributed by atoms with van der Waals surface area (Å²) in [6, 6.07) is 0. The molecule has 0 aliphatic heterocycles. The van der Waals surface area contributed by atoms with E-state index in [1.54, 1.807) is 0 Å². The lowest BCUT2D eigenvalue weighted by Gasteiger charge is -2.20. The molecular weight excluding hydrogens is 337 g/mol. The van der Waals surface area contributed by atoms with Gasteiger partial charge in [-0.3, -0.25) is 5.43 Å². The Kier molecular flexibility index (Phi) is 5.30. The molecule has 1 heterocycles. The van der Waals surface area contributed by atoms with Gasteiger partial charge < -0.3 is 5.11 Å². The van der Waals surface area contributed by atoms with E-state index in [1.807, 2.05) is 0 Å². The number of nitrogens with one attached hydrogen (secondary N) is 1. The van der Waals surface area contributed by atoms with Gasteiger partial charge in [0.1, 0.15) is 10.0 Å². The van der Waals surface area contributed by atoms with Gasteiger partial charge in [0.15, 0.2) is 10.8 Å². The summed E-state index contributed by atoms with van der Waals surface area (Å²) >= 11 is 17.9. The first-order chi connectivity index (χ1) is 9.91. The minimum atomic E-state index is -1.28. The first kappa shape index (κ1) is 16.3. The number of hydrogen-bond acceptors (Lipinski definition) is 4. The van der Waals surface area contributed by atoms with E-state index >= 15 is 0 Å². The van der Waals surface area contributed by atoms with E-state index in [9.17, 15) is 4.79 Å². The molecule has 8 heteroatoms. The lowest BCUT2D eigenvalue weighted by molar-refractivity contribution is 0.0691. The van der Waals surface area contributed by atoms with Crippen LogP contribution in [0, 0.1) is 5.92 Å². The second-order valence-corrected chi connectivity index (χ2v) is 6.04. The monoisotopic (exact) mass is 349 g/mol. The largest absolute Gasteiger partial charge is 0.476 e. The fourth-order valence-electron chi connectivity index (χ4n) is 2.22. The van der Waals surface area contributed by atoms with Gasteiger partial charge in [0.25, 0.3) is 0 Å². The molecule has 0 unspecified atom stereocenters. The number of carboxylic acid groups (broad SMARTS) is 1. The molecule has 1 aliphatic rings. The molecule has 1 aromatic heterocycles. The lowest BCUT2D eigenvalue weighted by atomic mass is 9.89. The number of carbonyl (C=O) groups is 1. The average molecular weight is 351 g/mol. The molecule has 0 amide bonds. The lowest BCUT2D eigenvalue weighted by Crippen LogP contribution is -2.17. The Hall–Kier alpha value is -1.04. The Morgan fingerprint density at radius 2 is 2.05 bits per heavy atom. The summed E-state index contributed by atoms with van der Waals surface area (Å²) in [6.07, 6.45) is 4.25. The maximum absolute atomic E-state index is 11.1. The molecule has 1 aromatic rings. The quantitative estimate of drug-likeness (QED) is 0.611. The Morgan fingerprint density at radius 1 is 1.33 bits per heavy atom. The third kappa shape index (κ3) is 3.59. The smallest absolute Gasteiger partial charge is 0.356 e. The molecule has 0 radical (unpaired) electrons. The number of carboxylic acids is 1. The zero-order valence-electron chi connectivity index (χ0n) is 11.3. The Morgan fingerprint density at radius 3 is 2.67 bits per heavy atom. The van der Waals surface area contributed by atoms with Crippen LogP contribution in [0.15, 0.2) is 5.10 Å². The van der Waals surface area contributed by atoms with Gasteiger partial charge in [0.2, 0.25) is 0 Å². The van der Waals surface area contributed by atoms with E-state index in [1.165, 1.54) is 6.42 Å². The fraction of sp³-hybridized carbons (Fsp3) is 0.462. The van der Waals surface area contributed by atoms with Crippen LogP contribution in [0.3, 0.4) is 0 Å². The predicted molar refractivity (Wildman–Crippen MR) is 84.9 cm³/mol. The second kappa shape index (κ2) is 6.81. The molecule has 114 valence electrons. The highest BCUT2D eigenvalue weighted by molar-refractivity contribution is 6.46. The highest BCUT2D eigenvalue weighted by atomic mass is 35.5. The Labute approximate surface area is 137 Å². The van der Waals surface area contributed by atoms with E-state index in [-0.39, 0.29) is 26.6 Å². The minimum Gasteiger partial charge on any atom is -0.476 e. The number of aromatic nitrogens is 1. The highest BCUT2D eigenvalue weighted by Crippen LogP contribution is 2.37. The first-order valence-electron chi connectivity index (χ1n) is 6.52. The van der Waals surface area contributed by atoms with Crippen molar-refractivity contribution in [2.45, 2.75) is 32.6 Å². The van der Waals surface area contributed by atoms with E-state index in [0.29, 0.717) is 5.92 Å². The van der Waals surface area contributed by atoms with Crippen LogP contribution >= 0.6 is 34.8 Å². The number of nitrogens with zero attached hydrogens (tertiary/aromatic N) is 2. The van der Waals surface area contributed by atoms with Gasteiger partial charge in [-0.15, -0.1) is 0 Å². The third-order valence-electron chi connectivity index (χ3n) is 3.44. The van der Waals surface area contributed by atoms with Gasteiger partial charge >= 0.3 is 5.97 Å². The predicted octanol–water partition coefficient (Wildman–Crippen LogP) is 4.72. The average Bonchev–Trinajstić information content (AvgIpc) is 2.44. The van der Waals surface area contributed by atoms with Crippen molar-refractivity contribution in [2.24, 2.45) is 11.0 Å². The van der Waals surface area contributed by atoms with Gasteiger partial charge in [0.05, 0.1) is 5.69 Å². The molecule has 0 saturated heterocycles. The van der Waals surface area contributed by atoms with Crippen molar-refractivity contribution in [3.63, 3.8) is 0 Å². The number of hydrazone groups is 1. The van der Waals surface area contributed by atoms with Crippen LogP contribution in [0.1, 0.15) is 43.1 Å². The molecule has 2 rings (SSSR count). The topological polar surface area (TPSA) is 74.6 Å². The number of halogens is 3. The summed E-state index contributed by atoms with van der Waals surface area (Å²) in [7, 11) is 0. The summed E-state index contributed by atoms with van der Waals surface area (Å²) < 4.78 is 0. The minimum absolute atomic E-state index is 0.0551. The molecular formula is C13H14Cl3N3O2. The number of hydrogen-bond donors (Lipinski definition) is 2. The molecule has 1 fully saturated rings. The number of anilines is 1. The van der Waals surface area contributed by atoms with Crippen LogP contribution in [0.25, 0.3) is 0 Å². The maximum atomic E-state index is 11.1. The van der Waals surface area contributed by atoms with Crippen LogP contribution in [0.4, 0.5) is 5.69 Å². The second-order valence-electron chi connectivity index (χ2n) is 4.92.